The van der Waals surface area contributed by atoms with Crippen LogP contribution in [0.4, 0.5) is 4.39 Å². The first-order chi connectivity index (χ1) is 11.1. The molecule has 0 radical (unpaired) electrons. The largest absolute Gasteiger partial charge is 0.493 e. The summed E-state index contributed by atoms with van der Waals surface area (Å²) in [6, 6.07) is 2.62. The first-order valence-electron chi connectivity index (χ1n) is 7.96. The molecule has 0 saturated carbocycles. The van der Waals surface area contributed by atoms with E-state index in [2.05, 4.69) is 5.32 Å². The van der Waals surface area contributed by atoms with Gasteiger partial charge in [-0.1, -0.05) is 0 Å². The third kappa shape index (κ3) is 4.74. The summed E-state index contributed by atoms with van der Waals surface area (Å²) in [6.45, 7) is 2.32. The molecule has 24 heavy (non-hydrogen) atoms. The van der Waals surface area contributed by atoms with Crippen LogP contribution in [-0.2, 0) is 0 Å². The topological polar surface area (TPSA) is 50.8 Å². The number of benzene rings is 1. The van der Waals surface area contributed by atoms with Gasteiger partial charge in [0.05, 0.1) is 19.8 Å². The van der Waals surface area contributed by atoms with Crippen LogP contribution in [0.5, 0.6) is 11.5 Å². The summed E-state index contributed by atoms with van der Waals surface area (Å²) in [4.78, 5) is 14.3. The molecule has 7 heteroatoms. The highest BCUT2D eigenvalue weighted by Crippen LogP contribution is 2.31. The van der Waals surface area contributed by atoms with Gasteiger partial charge in [0.25, 0.3) is 5.91 Å². The maximum absolute atomic E-state index is 14.2. The van der Waals surface area contributed by atoms with Crippen LogP contribution in [0.15, 0.2) is 12.1 Å². The van der Waals surface area contributed by atoms with E-state index >= 15 is 0 Å². The normalized spacial score (nSPS) is 14.9. The van der Waals surface area contributed by atoms with Gasteiger partial charge in [-0.15, -0.1) is 12.4 Å². The highest BCUT2D eigenvalue weighted by Gasteiger charge is 2.26. The third-order valence-corrected chi connectivity index (χ3v) is 4.41. The number of rotatable bonds is 6. The van der Waals surface area contributed by atoms with E-state index in [1.807, 2.05) is 7.05 Å². The minimum atomic E-state index is -0.579. The second-order valence-electron chi connectivity index (χ2n) is 5.81. The van der Waals surface area contributed by atoms with Crippen molar-refractivity contribution in [3.05, 3.63) is 23.5 Å². The monoisotopic (exact) mass is 360 g/mol. The number of amides is 1. The number of hydrogen-bond acceptors (Lipinski definition) is 4. The minimum Gasteiger partial charge on any atom is -0.493 e. The Balaban J connectivity index is 0.00000288. The van der Waals surface area contributed by atoms with E-state index in [4.69, 9.17) is 9.47 Å². The van der Waals surface area contributed by atoms with E-state index in [1.54, 1.807) is 4.90 Å². The lowest BCUT2D eigenvalue weighted by Crippen LogP contribution is -2.39. The third-order valence-electron chi connectivity index (χ3n) is 4.41. The molecular formula is C17H26ClFN2O3. The highest BCUT2D eigenvalue weighted by molar-refractivity contribution is 5.95. The molecule has 1 heterocycles. The van der Waals surface area contributed by atoms with Crippen LogP contribution >= 0.6 is 12.4 Å². The second-order valence-corrected chi connectivity index (χ2v) is 5.81. The Morgan fingerprint density at radius 3 is 2.38 bits per heavy atom. The summed E-state index contributed by atoms with van der Waals surface area (Å²) < 4.78 is 24.4. The van der Waals surface area contributed by atoms with Crippen LogP contribution in [0.25, 0.3) is 0 Å². The summed E-state index contributed by atoms with van der Waals surface area (Å²) in [6.07, 6.45) is 3.04. The Morgan fingerprint density at radius 2 is 1.83 bits per heavy atom. The molecule has 5 nitrogen and oxygen atoms in total. The lowest BCUT2D eigenvalue weighted by Gasteiger charge is -2.32. The summed E-state index contributed by atoms with van der Waals surface area (Å²) in [7, 11) is 4.85. The average molecular weight is 361 g/mol. The van der Waals surface area contributed by atoms with Gasteiger partial charge in [-0.25, -0.2) is 4.39 Å². The minimum absolute atomic E-state index is 0. The zero-order valence-corrected chi connectivity index (χ0v) is 15.2. The summed E-state index contributed by atoms with van der Waals surface area (Å²) >= 11 is 0. The van der Waals surface area contributed by atoms with Crippen molar-refractivity contribution in [1.29, 1.82) is 0 Å². The first kappa shape index (κ1) is 20.5. The fourth-order valence-electron chi connectivity index (χ4n) is 2.96. The van der Waals surface area contributed by atoms with E-state index in [-0.39, 0.29) is 29.6 Å². The molecule has 1 N–H and O–H groups in total. The van der Waals surface area contributed by atoms with E-state index in [9.17, 15) is 9.18 Å². The van der Waals surface area contributed by atoms with E-state index in [1.165, 1.54) is 26.4 Å². The molecule has 1 aromatic carbocycles. The van der Waals surface area contributed by atoms with Gasteiger partial charge in [-0.2, -0.15) is 0 Å². The van der Waals surface area contributed by atoms with Crippen molar-refractivity contribution in [1.82, 2.24) is 10.2 Å². The van der Waals surface area contributed by atoms with Crippen molar-refractivity contribution in [2.45, 2.75) is 19.3 Å². The van der Waals surface area contributed by atoms with Gasteiger partial charge < -0.3 is 19.7 Å². The van der Waals surface area contributed by atoms with Crippen molar-refractivity contribution >= 4 is 18.3 Å². The van der Waals surface area contributed by atoms with Crippen LogP contribution < -0.4 is 14.8 Å². The number of ether oxygens (including phenoxy) is 2. The molecule has 0 bridgehead atoms. The number of methoxy groups -OCH3 is 2. The number of hydrogen-bond donors (Lipinski definition) is 1. The highest BCUT2D eigenvalue weighted by atomic mass is 35.5. The van der Waals surface area contributed by atoms with Crippen LogP contribution in [-0.4, -0.2) is 51.7 Å². The van der Waals surface area contributed by atoms with Crippen LogP contribution in [0.3, 0.4) is 0 Å². The van der Waals surface area contributed by atoms with Gasteiger partial charge in [0.1, 0.15) is 5.82 Å². The quantitative estimate of drug-likeness (QED) is 0.847. The summed E-state index contributed by atoms with van der Waals surface area (Å²) in [5, 5.41) is 3.15. The molecular weight excluding hydrogens is 335 g/mol. The SMILES string of the molecule is CNCCC1CCN(C(=O)c2cc(OC)c(OC)cc2F)CC1.Cl. The Hall–Kier alpha value is -1.53. The van der Waals surface area contributed by atoms with Crippen molar-refractivity contribution in [2.75, 3.05) is 40.9 Å². The average Bonchev–Trinajstić information content (AvgIpc) is 2.59. The van der Waals surface area contributed by atoms with Gasteiger partial charge >= 0.3 is 0 Å². The second kappa shape index (κ2) is 9.69. The van der Waals surface area contributed by atoms with E-state index in [0.29, 0.717) is 24.8 Å². The molecule has 0 aliphatic carbocycles. The molecule has 1 aliphatic rings. The van der Waals surface area contributed by atoms with Gasteiger partial charge in [-0.3, -0.25) is 4.79 Å². The van der Waals surface area contributed by atoms with E-state index in [0.717, 1.165) is 25.8 Å². The molecule has 1 fully saturated rings. The lowest BCUT2D eigenvalue weighted by atomic mass is 9.93. The molecule has 0 spiro atoms. The number of likely N-dealkylation sites (tertiary alicyclic amines) is 1. The van der Waals surface area contributed by atoms with Crippen molar-refractivity contribution < 1.29 is 18.7 Å². The molecule has 1 aromatic rings. The van der Waals surface area contributed by atoms with Gasteiger partial charge in [-0.05, 0) is 44.8 Å². The van der Waals surface area contributed by atoms with Crippen molar-refractivity contribution in [3.63, 3.8) is 0 Å². The smallest absolute Gasteiger partial charge is 0.256 e. The zero-order valence-electron chi connectivity index (χ0n) is 14.4. The van der Waals surface area contributed by atoms with Gasteiger partial charge in [0.15, 0.2) is 11.5 Å². The Kier molecular flexibility index (Phi) is 8.28. The van der Waals surface area contributed by atoms with Gasteiger partial charge in [0.2, 0.25) is 0 Å². The summed E-state index contributed by atoms with van der Waals surface area (Å²) in [5.74, 6) is 0.413. The fraction of sp³-hybridized carbons (Fsp3) is 0.588. The molecule has 0 aromatic heterocycles. The number of carbonyl (C=O) groups excluding carboxylic acids is 1. The summed E-state index contributed by atoms with van der Waals surface area (Å²) in [5.41, 5.74) is 0.0383. The van der Waals surface area contributed by atoms with E-state index < -0.39 is 5.82 Å². The Bertz CT molecular complexity index is 549. The standard InChI is InChI=1S/C17H25FN2O3.ClH/c1-19-7-4-12-5-8-20(9-6-12)17(21)13-10-15(22-2)16(23-3)11-14(13)18;/h10-12,19H,4-9H2,1-3H3;1H. The maximum atomic E-state index is 14.2. The Morgan fingerprint density at radius 1 is 1.25 bits per heavy atom. The Labute approximate surface area is 148 Å². The lowest BCUT2D eigenvalue weighted by molar-refractivity contribution is 0.0682. The molecule has 2 rings (SSSR count). The number of nitrogens with zero attached hydrogens (tertiary/aromatic N) is 1. The van der Waals surface area contributed by atoms with Crippen molar-refractivity contribution in [3.8, 4) is 11.5 Å². The number of nitrogens with one attached hydrogen (secondary N) is 1. The predicted octanol–water partition coefficient (Wildman–Crippen LogP) is 2.73. The van der Waals surface area contributed by atoms with Crippen molar-refractivity contribution in [2.24, 2.45) is 5.92 Å². The molecule has 1 amide bonds. The number of piperidine rings is 1. The van der Waals surface area contributed by atoms with Gasteiger partial charge in [0, 0.05) is 19.2 Å². The molecule has 0 unspecified atom stereocenters. The first-order valence-corrected chi connectivity index (χ1v) is 7.96. The van der Waals surface area contributed by atoms with Crippen LogP contribution in [0.2, 0.25) is 0 Å². The van der Waals surface area contributed by atoms with Crippen LogP contribution in [0.1, 0.15) is 29.6 Å². The molecule has 1 saturated heterocycles. The molecule has 136 valence electrons. The molecule has 0 atom stereocenters. The number of halogens is 2. The zero-order chi connectivity index (χ0) is 16.8. The number of carbonyl (C=O) groups is 1. The maximum Gasteiger partial charge on any atom is 0.256 e. The fourth-order valence-corrected chi connectivity index (χ4v) is 2.96. The molecule has 1 aliphatic heterocycles. The van der Waals surface area contributed by atoms with Crippen LogP contribution in [0, 0.1) is 11.7 Å². The predicted molar refractivity (Wildman–Crippen MR) is 93.9 cm³/mol.